The zero-order valence-corrected chi connectivity index (χ0v) is 23.0. The molecule has 0 saturated carbocycles. The number of carbonyl (C=O) groups excluding carboxylic acids is 2. The van der Waals surface area contributed by atoms with Crippen LogP contribution >= 0.6 is 11.3 Å². The standard InChI is InChI=1S/C16H23NO.C13H20O5S/c1-2-3-4-5-7-14-9-11-15(12-10-14)17-13-6-8-16(17)18;1-2-3-9-4-5-12(19-9)13(17)18-7-6-10(15)11(16)8-14/h9-12H,2-8,13H2,1H3;4-5,10-11,14-16H,2-3,6-8H2,1H3. The summed E-state index contributed by atoms with van der Waals surface area (Å²) in [6.45, 7) is 4.70. The van der Waals surface area contributed by atoms with Gasteiger partial charge in [0.25, 0.3) is 0 Å². The zero-order valence-electron chi connectivity index (χ0n) is 22.2. The first-order valence-electron chi connectivity index (χ1n) is 13.5. The van der Waals surface area contributed by atoms with Crippen LogP contribution in [0.5, 0.6) is 0 Å². The number of aliphatic hydroxyl groups excluding tert-OH is 3. The molecule has 1 aromatic heterocycles. The van der Waals surface area contributed by atoms with E-state index in [2.05, 4.69) is 38.1 Å². The van der Waals surface area contributed by atoms with Gasteiger partial charge in [-0.15, -0.1) is 11.3 Å². The molecule has 2 heterocycles. The van der Waals surface area contributed by atoms with Gasteiger partial charge >= 0.3 is 5.97 Å². The summed E-state index contributed by atoms with van der Waals surface area (Å²) in [6, 6.07) is 12.2. The molecule has 37 heavy (non-hydrogen) atoms. The van der Waals surface area contributed by atoms with Crippen molar-refractivity contribution in [1.29, 1.82) is 0 Å². The minimum Gasteiger partial charge on any atom is -0.461 e. The van der Waals surface area contributed by atoms with Crippen LogP contribution in [0.1, 0.15) is 85.3 Å². The van der Waals surface area contributed by atoms with E-state index in [1.807, 2.05) is 11.0 Å². The average molecular weight is 534 g/mol. The van der Waals surface area contributed by atoms with Crippen molar-refractivity contribution in [1.82, 2.24) is 0 Å². The monoisotopic (exact) mass is 533 g/mol. The number of aliphatic hydroxyl groups is 3. The molecule has 2 unspecified atom stereocenters. The van der Waals surface area contributed by atoms with E-state index in [0.29, 0.717) is 11.3 Å². The van der Waals surface area contributed by atoms with Gasteiger partial charge < -0.3 is 25.0 Å². The van der Waals surface area contributed by atoms with Gasteiger partial charge in [-0.25, -0.2) is 4.79 Å². The molecule has 1 aliphatic heterocycles. The molecule has 3 rings (SSSR count). The predicted octanol–water partition coefficient (Wildman–Crippen LogP) is 4.90. The largest absolute Gasteiger partial charge is 0.461 e. The number of aryl methyl sites for hydroxylation is 2. The Hall–Kier alpha value is -2.26. The number of benzene rings is 1. The van der Waals surface area contributed by atoms with Crippen LogP contribution < -0.4 is 4.90 Å². The van der Waals surface area contributed by atoms with E-state index in [4.69, 9.17) is 14.9 Å². The molecular formula is C29H43NO6S. The molecule has 1 fully saturated rings. The molecule has 2 atom stereocenters. The van der Waals surface area contributed by atoms with Gasteiger partial charge in [-0.05, 0) is 55.5 Å². The highest BCUT2D eigenvalue weighted by Gasteiger charge is 2.21. The Morgan fingerprint density at radius 2 is 1.76 bits per heavy atom. The molecule has 2 aromatic rings. The van der Waals surface area contributed by atoms with Crippen LogP contribution in [0.2, 0.25) is 0 Å². The second kappa shape index (κ2) is 17.3. The van der Waals surface area contributed by atoms with Gasteiger partial charge in [0.1, 0.15) is 11.0 Å². The van der Waals surface area contributed by atoms with Gasteiger partial charge in [-0.2, -0.15) is 0 Å². The average Bonchev–Trinajstić information content (AvgIpc) is 3.56. The number of rotatable bonds is 14. The smallest absolute Gasteiger partial charge is 0.348 e. The number of thiophene rings is 1. The Bertz CT molecular complexity index is 929. The van der Waals surface area contributed by atoms with E-state index < -0.39 is 24.8 Å². The molecule has 1 aromatic carbocycles. The topological polar surface area (TPSA) is 107 Å². The molecule has 3 N–H and O–H groups in total. The van der Waals surface area contributed by atoms with E-state index >= 15 is 0 Å². The molecule has 8 heteroatoms. The lowest BCUT2D eigenvalue weighted by Crippen LogP contribution is -2.30. The molecule has 0 aliphatic carbocycles. The van der Waals surface area contributed by atoms with Gasteiger partial charge in [0, 0.05) is 30.0 Å². The molecule has 206 valence electrons. The maximum Gasteiger partial charge on any atom is 0.348 e. The third-order valence-electron chi connectivity index (χ3n) is 6.28. The van der Waals surface area contributed by atoms with E-state index in [9.17, 15) is 14.7 Å². The Labute approximate surface area is 225 Å². The number of esters is 1. The quantitative estimate of drug-likeness (QED) is 0.236. The lowest BCUT2D eigenvalue weighted by atomic mass is 10.1. The number of ether oxygens (including phenoxy) is 1. The van der Waals surface area contributed by atoms with Crippen molar-refractivity contribution in [2.45, 2.75) is 90.3 Å². The molecular weight excluding hydrogens is 490 g/mol. The Kier molecular flexibility index (Phi) is 14.5. The van der Waals surface area contributed by atoms with E-state index in [1.54, 1.807) is 6.07 Å². The summed E-state index contributed by atoms with van der Waals surface area (Å²) < 4.78 is 5.00. The zero-order chi connectivity index (χ0) is 27.0. The normalized spacial score (nSPS) is 14.7. The van der Waals surface area contributed by atoms with Crippen LogP contribution in [0.15, 0.2) is 36.4 Å². The lowest BCUT2D eigenvalue weighted by molar-refractivity contribution is -0.117. The number of amides is 1. The number of unbranched alkanes of at least 4 members (excludes halogenated alkanes) is 3. The Morgan fingerprint density at radius 1 is 1.00 bits per heavy atom. The van der Waals surface area contributed by atoms with E-state index in [-0.39, 0.29) is 18.9 Å². The Balaban J connectivity index is 0.000000260. The van der Waals surface area contributed by atoms with Crippen molar-refractivity contribution in [3.05, 3.63) is 51.7 Å². The van der Waals surface area contributed by atoms with E-state index in [0.717, 1.165) is 42.8 Å². The van der Waals surface area contributed by atoms with Gasteiger partial charge in [0.2, 0.25) is 5.91 Å². The van der Waals surface area contributed by atoms with Gasteiger partial charge in [-0.3, -0.25) is 4.79 Å². The third-order valence-corrected chi connectivity index (χ3v) is 7.40. The van der Waals surface area contributed by atoms with Crippen molar-refractivity contribution in [2.75, 3.05) is 24.7 Å². The summed E-state index contributed by atoms with van der Waals surface area (Å²) in [5.41, 5.74) is 2.45. The number of hydrogen-bond donors (Lipinski definition) is 3. The van der Waals surface area contributed by atoms with Crippen molar-refractivity contribution in [3.8, 4) is 0 Å². The SMILES string of the molecule is CCCCCCc1ccc(N2CCCC2=O)cc1.CCCc1ccc(C(=O)OCCC(O)C(O)CO)s1. The second-order valence-electron chi connectivity index (χ2n) is 9.38. The predicted molar refractivity (Wildman–Crippen MR) is 148 cm³/mol. The fourth-order valence-corrected chi connectivity index (χ4v) is 5.05. The first-order chi connectivity index (χ1) is 17.9. The summed E-state index contributed by atoms with van der Waals surface area (Å²) in [6.07, 6.45) is 7.87. The summed E-state index contributed by atoms with van der Waals surface area (Å²) in [4.78, 5) is 26.9. The molecule has 0 spiro atoms. The van der Waals surface area contributed by atoms with Crippen LogP contribution in [0, 0.1) is 0 Å². The Morgan fingerprint density at radius 3 is 2.38 bits per heavy atom. The minimum absolute atomic E-state index is 0.0120. The second-order valence-corrected chi connectivity index (χ2v) is 10.6. The van der Waals surface area contributed by atoms with Crippen LogP contribution in [0.25, 0.3) is 0 Å². The van der Waals surface area contributed by atoms with Crippen LogP contribution in [0.3, 0.4) is 0 Å². The number of anilines is 1. The fourth-order valence-electron chi connectivity index (χ4n) is 4.05. The molecule has 1 amide bonds. The highest BCUT2D eigenvalue weighted by Crippen LogP contribution is 2.22. The van der Waals surface area contributed by atoms with Crippen LogP contribution in [-0.2, 0) is 22.4 Å². The number of hydrogen-bond acceptors (Lipinski definition) is 7. The molecule has 1 aliphatic rings. The van der Waals surface area contributed by atoms with Crippen molar-refractivity contribution < 1.29 is 29.6 Å². The maximum atomic E-state index is 11.7. The van der Waals surface area contributed by atoms with Crippen molar-refractivity contribution in [3.63, 3.8) is 0 Å². The van der Waals surface area contributed by atoms with E-state index in [1.165, 1.54) is 42.6 Å². The number of carbonyl (C=O) groups is 2. The summed E-state index contributed by atoms with van der Waals surface area (Å²) in [5.74, 6) is -0.149. The maximum absolute atomic E-state index is 11.7. The lowest BCUT2D eigenvalue weighted by Gasteiger charge is -2.15. The minimum atomic E-state index is -1.20. The summed E-state index contributed by atoms with van der Waals surface area (Å²) >= 11 is 1.41. The first kappa shape index (κ1) is 31.0. The summed E-state index contributed by atoms with van der Waals surface area (Å²) in [7, 11) is 0. The third kappa shape index (κ3) is 10.9. The summed E-state index contributed by atoms with van der Waals surface area (Å²) in [5, 5.41) is 27.1. The molecule has 7 nitrogen and oxygen atoms in total. The fraction of sp³-hybridized carbons (Fsp3) is 0.586. The van der Waals surface area contributed by atoms with Gasteiger partial charge in [0.05, 0.1) is 19.3 Å². The van der Waals surface area contributed by atoms with Gasteiger partial charge in [-0.1, -0.05) is 51.7 Å². The molecule has 1 saturated heterocycles. The highest BCUT2D eigenvalue weighted by atomic mass is 32.1. The van der Waals surface area contributed by atoms with Crippen molar-refractivity contribution in [2.24, 2.45) is 0 Å². The molecule has 0 bridgehead atoms. The van der Waals surface area contributed by atoms with Crippen LogP contribution in [-0.4, -0.2) is 59.2 Å². The first-order valence-corrected chi connectivity index (χ1v) is 14.3. The molecule has 0 radical (unpaired) electrons. The number of nitrogens with zero attached hydrogens (tertiary/aromatic N) is 1. The van der Waals surface area contributed by atoms with Crippen molar-refractivity contribution >= 4 is 28.9 Å². The van der Waals surface area contributed by atoms with Gasteiger partial charge in [0.15, 0.2) is 0 Å². The van der Waals surface area contributed by atoms with Crippen LogP contribution in [0.4, 0.5) is 5.69 Å². The highest BCUT2D eigenvalue weighted by molar-refractivity contribution is 7.13.